The summed E-state index contributed by atoms with van der Waals surface area (Å²) in [5, 5.41) is 9.41. The molecule has 3 nitrogen and oxygen atoms in total. The van der Waals surface area contributed by atoms with Gasteiger partial charge in [0, 0.05) is 15.9 Å². The van der Waals surface area contributed by atoms with E-state index in [-0.39, 0.29) is 0 Å². The molecule has 1 aromatic heterocycles. The molecule has 1 heterocycles. The van der Waals surface area contributed by atoms with Crippen molar-refractivity contribution in [3.8, 4) is 5.69 Å². The maximum Gasteiger partial charge on any atom is 0.196 e. The largest absolute Gasteiger partial charge is 0.274 e. The summed E-state index contributed by atoms with van der Waals surface area (Å²) in [6.45, 7) is 1.98. The van der Waals surface area contributed by atoms with E-state index in [1.807, 2.05) is 37.3 Å². The molecular formula is C16H14BrN3S. The third kappa shape index (κ3) is 3.36. The predicted molar refractivity (Wildman–Crippen MR) is 89.8 cm³/mol. The minimum absolute atomic E-state index is 0.865. The van der Waals surface area contributed by atoms with Crippen LogP contribution in [0.3, 0.4) is 0 Å². The topological polar surface area (TPSA) is 30.7 Å². The number of hydrogen-bond acceptors (Lipinski definition) is 3. The van der Waals surface area contributed by atoms with Gasteiger partial charge in [-0.2, -0.15) is 0 Å². The lowest BCUT2D eigenvalue weighted by atomic mass is 10.2. The van der Waals surface area contributed by atoms with Gasteiger partial charge in [-0.25, -0.2) is 0 Å². The zero-order valence-corrected chi connectivity index (χ0v) is 13.9. The number of aryl methyl sites for hydroxylation is 1. The van der Waals surface area contributed by atoms with Crippen LogP contribution in [-0.2, 0) is 5.75 Å². The van der Waals surface area contributed by atoms with Gasteiger partial charge in [0.2, 0.25) is 0 Å². The summed E-state index contributed by atoms with van der Waals surface area (Å²) >= 11 is 5.19. The maximum absolute atomic E-state index is 4.29. The number of aromatic nitrogens is 3. The van der Waals surface area contributed by atoms with Gasteiger partial charge in [0.25, 0.3) is 0 Å². The van der Waals surface area contributed by atoms with E-state index in [1.54, 1.807) is 11.8 Å². The van der Waals surface area contributed by atoms with Crippen molar-refractivity contribution in [2.24, 2.45) is 0 Å². The lowest BCUT2D eigenvalue weighted by Crippen LogP contribution is -1.98. The Morgan fingerprint density at radius 2 is 1.86 bits per heavy atom. The maximum atomic E-state index is 4.29. The Morgan fingerprint density at radius 3 is 2.62 bits per heavy atom. The van der Waals surface area contributed by atoms with Crippen molar-refractivity contribution in [3.05, 3.63) is 70.5 Å². The Hall–Kier alpha value is -1.59. The second-order valence-electron chi connectivity index (χ2n) is 4.62. The molecule has 0 amide bonds. The average molecular weight is 360 g/mol. The molecule has 0 unspecified atom stereocenters. The van der Waals surface area contributed by atoms with Crippen LogP contribution in [0.5, 0.6) is 0 Å². The second-order valence-corrected chi connectivity index (χ2v) is 6.48. The molecule has 0 N–H and O–H groups in total. The van der Waals surface area contributed by atoms with E-state index >= 15 is 0 Å². The van der Waals surface area contributed by atoms with Crippen molar-refractivity contribution in [1.29, 1.82) is 0 Å². The molecule has 0 radical (unpaired) electrons. The van der Waals surface area contributed by atoms with Gasteiger partial charge in [-0.1, -0.05) is 58.0 Å². The van der Waals surface area contributed by atoms with Crippen LogP contribution in [0, 0.1) is 6.92 Å². The van der Waals surface area contributed by atoms with E-state index in [0.717, 1.165) is 26.9 Å². The highest BCUT2D eigenvalue weighted by Crippen LogP contribution is 2.25. The molecule has 0 aliphatic carbocycles. The van der Waals surface area contributed by atoms with Crippen LogP contribution in [0.2, 0.25) is 0 Å². The van der Waals surface area contributed by atoms with Gasteiger partial charge in [-0.3, -0.25) is 4.57 Å². The number of thioether (sulfide) groups is 1. The summed E-state index contributed by atoms with van der Waals surface area (Å²) in [6.07, 6.45) is 0. The van der Waals surface area contributed by atoms with Crippen LogP contribution in [-0.4, -0.2) is 14.8 Å². The first kappa shape index (κ1) is 14.4. The summed E-state index contributed by atoms with van der Waals surface area (Å²) in [4.78, 5) is 0. The molecule has 0 saturated heterocycles. The van der Waals surface area contributed by atoms with Gasteiger partial charge in [-0.15, -0.1) is 10.2 Å². The van der Waals surface area contributed by atoms with Crippen LogP contribution in [0.1, 0.15) is 11.4 Å². The number of hydrogen-bond donors (Lipinski definition) is 0. The van der Waals surface area contributed by atoms with E-state index < -0.39 is 0 Å². The number of para-hydroxylation sites is 1. The molecular weight excluding hydrogens is 346 g/mol. The fraction of sp³-hybridized carbons (Fsp3) is 0.125. The zero-order valence-electron chi connectivity index (χ0n) is 11.5. The van der Waals surface area contributed by atoms with Crippen molar-refractivity contribution in [3.63, 3.8) is 0 Å². The SMILES string of the molecule is Cc1nnc(SCc2cccc(Br)c2)n1-c1ccccc1. The molecule has 0 spiro atoms. The lowest BCUT2D eigenvalue weighted by Gasteiger charge is -2.08. The van der Waals surface area contributed by atoms with E-state index in [4.69, 9.17) is 0 Å². The first-order valence-electron chi connectivity index (χ1n) is 6.59. The first-order chi connectivity index (χ1) is 10.2. The molecule has 0 fully saturated rings. The number of benzene rings is 2. The van der Waals surface area contributed by atoms with Crippen molar-refractivity contribution < 1.29 is 0 Å². The molecule has 0 atom stereocenters. The third-order valence-corrected chi connectivity index (χ3v) is 4.56. The van der Waals surface area contributed by atoms with Gasteiger partial charge in [-0.05, 0) is 36.8 Å². The Morgan fingerprint density at radius 1 is 1.05 bits per heavy atom. The van der Waals surface area contributed by atoms with Crippen molar-refractivity contribution in [2.75, 3.05) is 0 Å². The minimum Gasteiger partial charge on any atom is -0.274 e. The highest BCUT2D eigenvalue weighted by atomic mass is 79.9. The predicted octanol–water partition coefficient (Wildman–Crippen LogP) is 4.63. The van der Waals surface area contributed by atoms with Gasteiger partial charge in [0.05, 0.1) is 0 Å². The number of nitrogens with zero attached hydrogens (tertiary/aromatic N) is 3. The first-order valence-corrected chi connectivity index (χ1v) is 8.36. The number of halogens is 1. The molecule has 21 heavy (non-hydrogen) atoms. The molecule has 0 aliphatic rings. The zero-order chi connectivity index (χ0) is 14.7. The van der Waals surface area contributed by atoms with E-state index in [1.165, 1.54) is 5.56 Å². The fourth-order valence-electron chi connectivity index (χ4n) is 2.09. The molecule has 3 aromatic rings. The molecule has 3 rings (SSSR count). The Balaban J connectivity index is 1.84. The monoisotopic (exact) mass is 359 g/mol. The van der Waals surface area contributed by atoms with Crippen LogP contribution in [0.25, 0.3) is 5.69 Å². The van der Waals surface area contributed by atoms with Gasteiger partial charge in [0.15, 0.2) is 5.16 Å². The molecule has 5 heteroatoms. The highest BCUT2D eigenvalue weighted by Gasteiger charge is 2.11. The molecule has 0 saturated carbocycles. The molecule has 0 bridgehead atoms. The summed E-state index contributed by atoms with van der Waals surface area (Å²) < 4.78 is 3.18. The van der Waals surface area contributed by atoms with Gasteiger partial charge in [0.1, 0.15) is 5.82 Å². The molecule has 106 valence electrons. The van der Waals surface area contributed by atoms with Gasteiger partial charge < -0.3 is 0 Å². The minimum atomic E-state index is 0.865. The summed E-state index contributed by atoms with van der Waals surface area (Å²) in [6, 6.07) is 18.5. The quantitative estimate of drug-likeness (QED) is 0.636. The van der Waals surface area contributed by atoms with E-state index in [9.17, 15) is 0 Å². The molecule has 0 aliphatic heterocycles. The Bertz CT molecular complexity index is 740. The Labute approximate surface area is 136 Å². The van der Waals surface area contributed by atoms with Crippen LogP contribution < -0.4 is 0 Å². The highest BCUT2D eigenvalue weighted by molar-refractivity contribution is 9.10. The third-order valence-electron chi connectivity index (χ3n) is 3.07. The van der Waals surface area contributed by atoms with Crippen molar-refractivity contribution in [1.82, 2.24) is 14.8 Å². The van der Waals surface area contributed by atoms with Crippen molar-refractivity contribution in [2.45, 2.75) is 17.8 Å². The van der Waals surface area contributed by atoms with E-state index in [2.05, 4.69) is 55.0 Å². The summed E-state index contributed by atoms with van der Waals surface area (Å²) in [5.41, 5.74) is 2.35. The fourth-order valence-corrected chi connectivity index (χ4v) is 3.47. The van der Waals surface area contributed by atoms with Gasteiger partial charge >= 0.3 is 0 Å². The normalized spacial score (nSPS) is 10.8. The molecule has 2 aromatic carbocycles. The van der Waals surface area contributed by atoms with Crippen LogP contribution >= 0.6 is 27.7 Å². The van der Waals surface area contributed by atoms with E-state index in [0.29, 0.717) is 0 Å². The smallest absolute Gasteiger partial charge is 0.196 e. The summed E-state index contributed by atoms with van der Waals surface area (Å²) in [7, 11) is 0. The lowest BCUT2D eigenvalue weighted by molar-refractivity contribution is 0.868. The number of rotatable bonds is 4. The van der Waals surface area contributed by atoms with Crippen molar-refractivity contribution >= 4 is 27.7 Å². The van der Waals surface area contributed by atoms with Crippen LogP contribution in [0.15, 0.2) is 64.2 Å². The Kier molecular flexibility index (Phi) is 4.41. The average Bonchev–Trinajstić information content (AvgIpc) is 2.87. The van der Waals surface area contributed by atoms with Crippen LogP contribution in [0.4, 0.5) is 0 Å². The standard InChI is InChI=1S/C16H14BrN3S/c1-12-18-19-16(20(12)15-8-3-2-4-9-15)21-11-13-6-5-7-14(17)10-13/h2-10H,11H2,1H3. The second kappa shape index (κ2) is 6.45. The summed E-state index contributed by atoms with van der Waals surface area (Å²) in [5.74, 6) is 1.77.